The molecule has 0 saturated carbocycles. The summed E-state index contributed by atoms with van der Waals surface area (Å²) in [7, 11) is 0. The Balaban J connectivity index is 0. The standard InChI is InChI=1S/C8H6F4O.2C2H6/c9-7(10)8(11,12)13-6-4-2-1-3-5-6;2*1-2/h1-5,7H;2*1-2H3. The van der Waals surface area contributed by atoms with Crippen LogP contribution in [0.2, 0.25) is 0 Å². The van der Waals surface area contributed by atoms with Crippen LogP contribution in [-0.4, -0.2) is 12.5 Å². The molecule has 0 heterocycles. The highest BCUT2D eigenvalue weighted by Gasteiger charge is 2.43. The molecule has 17 heavy (non-hydrogen) atoms. The second-order valence-corrected chi connectivity index (χ2v) is 2.28. The molecule has 0 aromatic heterocycles. The van der Waals surface area contributed by atoms with Crippen molar-refractivity contribution in [2.45, 2.75) is 40.2 Å². The molecule has 1 nitrogen and oxygen atoms in total. The van der Waals surface area contributed by atoms with Crippen molar-refractivity contribution in [2.24, 2.45) is 0 Å². The third-order valence-corrected chi connectivity index (χ3v) is 1.25. The van der Waals surface area contributed by atoms with E-state index < -0.39 is 12.5 Å². The molecule has 0 saturated heterocycles. The molecule has 0 radical (unpaired) electrons. The molecule has 0 spiro atoms. The first-order valence-electron chi connectivity index (χ1n) is 5.42. The SMILES string of the molecule is CC.CC.FC(F)C(F)(F)Oc1ccccc1. The molecule has 0 N–H and O–H groups in total. The maximum absolute atomic E-state index is 12.3. The van der Waals surface area contributed by atoms with Crippen molar-refractivity contribution in [3.63, 3.8) is 0 Å². The van der Waals surface area contributed by atoms with Crippen LogP contribution in [0.1, 0.15) is 27.7 Å². The summed E-state index contributed by atoms with van der Waals surface area (Å²) in [5.74, 6) is -0.284. The first kappa shape index (κ1) is 18.1. The molecular formula is C12H18F4O. The fourth-order valence-electron chi connectivity index (χ4n) is 0.690. The zero-order valence-corrected chi connectivity index (χ0v) is 10.4. The molecule has 0 unspecified atom stereocenters. The van der Waals surface area contributed by atoms with Crippen LogP contribution in [0.4, 0.5) is 17.6 Å². The maximum atomic E-state index is 12.3. The van der Waals surface area contributed by atoms with Gasteiger partial charge in [0.25, 0.3) is 0 Å². The van der Waals surface area contributed by atoms with Crippen LogP contribution in [0.15, 0.2) is 30.3 Å². The highest BCUT2D eigenvalue weighted by molar-refractivity contribution is 5.21. The van der Waals surface area contributed by atoms with Crippen molar-refractivity contribution < 1.29 is 22.3 Å². The van der Waals surface area contributed by atoms with Gasteiger partial charge in [0, 0.05) is 0 Å². The van der Waals surface area contributed by atoms with Crippen LogP contribution < -0.4 is 4.74 Å². The van der Waals surface area contributed by atoms with Gasteiger partial charge in [-0.3, -0.25) is 0 Å². The Hall–Kier alpha value is -1.26. The molecule has 0 amide bonds. The van der Waals surface area contributed by atoms with Crippen molar-refractivity contribution in [1.82, 2.24) is 0 Å². The summed E-state index contributed by atoms with van der Waals surface area (Å²) >= 11 is 0. The van der Waals surface area contributed by atoms with Gasteiger partial charge in [-0.15, -0.1) is 0 Å². The quantitative estimate of drug-likeness (QED) is 0.691. The summed E-state index contributed by atoms with van der Waals surface area (Å²) in [6.07, 6.45) is -8.26. The van der Waals surface area contributed by atoms with E-state index in [4.69, 9.17) is 0 Å². The molecule has 1 rings (SSSR count). The Morgan fingerprint density at radius 2 is 1.35 bits per heavy atom. The van der Waals surface area contributed by atoms with Gasteiger partial charge >= 0.3 is 12.5 Å². The summed E-state index contributed by atoms with van der Waals surface area (Å²) in [5.41, 5.74) is 0. The Morgan fingerprint density at radius 1 is 0.941 bits per heavy atom. The van der Waals surface area contributed by atoms with Crippen molar-refractivity contribution in [3.8, 4) is 5.75 Å². The Bertz CT molecular complexity index is 262. The number of alkyl halides is 4. The third-order valence-electron chi connectivity index (χ3n) is 1.25. The maximum Gasteiger partial charge on any atom is 0.461 e. The number of hydrogen-bond donors (Lipinski definition) is 0. The monoisotopic (exact) mass is 254 g/mol. The predicted octanol–water partition coefficient (Wildman–Crippen LogP) is 4.98. The van der Waals surface area contributed by atoms with Crippen LogP contribution in [0, 0.1) is 0 Å². The van der Waals surface area contributed by atoms with Crippen LogP contribution in [-0.2, 0) is 0 Å². The van der Waals surface area contributed by atoms with Gasteiger partial charge in [0.2, 0.25) is 0 Å². The number of hydrogen-bond acceptors (Lipinski definition) is 1. The highest BCUT2D eigenvalue weighted by Crippen LogP contribution is 2.26. The van der Waals surface area contributed by atoms with E-state index >= 15 is 0 Å². The summed E-state index contributed by atoms with van der Waals surface area (Å²) in [6.45, 7) is 8.00. The van der Waals surface area contributed by atoms with E-state index in [9.17, 15) is 17.6 Å². The largest absolute Gasteiger partial charge is 0.461 e. The number of para-hydroxylation sites is 1. The van der Waals surface area contributed by atoms with Gasteiger partial charge in [-0.05, 0) is 12.1 Å². The molecule has 1 aromatic carbocycles. The van der Waals surface area contributed by atoms with Crippen molar-refractivity contribution >= 4 is 0 Å². The van der Waals surface area contributed by atoms with Gasteiger partial charge in [-0.2, -0.15) is 17.6 Å². The second kappa shape index (κ2) is 9.93. The Labute approximate surface area is 99.4 Å². The third kappa shape index (κ3) is 7.60. The van der Waals surface area contributed by atoms with Crippen LogP contribution in [0.25, 0.3) is 0 Å². The Kier molecular flexibility index (Phi) is 10.6. The van der Waals surface area contributed by atoms with E-state index in [-0.39, 0.29) is 5.75 Å². The van der Waals surface area contributed by atoms with Gasteiger partial charge in [0.15, 0.2) is 0 Å². The van der Waals surface area contributed by atoms with E-state index in [1.54, 1.807) is 6.07 Å². The molecule has 5 heteroatoms. The molecule has 100 valence electrons. The van der Waals surface area contributed by atoms with E-state index in [0.29, 0.717) is 0 Å². The number of rotatable bonds is 3. The average molecular weight is 254 g/mol. The van der Waals surface area contributed by atoms with Gasteiger partial charge in [-0.1, -0.05) is 45.9 Å². The fourth-order valence-corrected chi connectivity index (χ4v) is 0.690. The lowest BCUT2D eigenvalue weighted by Crippen LogP contribution is -2.33. The topological polar surface area (TPSA) is 9.23 Å². The summed E-state index contributed by atoms with van der Waals surface area (Å²) in [6, 6.07) is 6.74. The second-order valence-electron chi connectivity index (χ2n) is 2.28. The van der Waals surface area contributed by atoms with E-state index in [1.165, 1.54) is 24.3 Å². The zero-order chi connectivity index (χ0) is 13.9. The number of benzene rings is 1. The smallest absolute Gasteiger partial charge is 0.428 e. The lowest BCUT2D eigenvalue weighted by atomic mass is 10.3. The molecule has 0 aliphatic carbocycles. The van der Waals surface area contributed by atoms with Crippen molar-refractivity contribution in [1.29, 1.82) is 0 Å². The first-order valence-corrected chi connectivity index (χ1v) is 5.42. The average Bonchev–Trinajstić information content (AvgIpc) is 2.35. The highest BCUT2D eigenvalue weighted by atomic mass is 19.3. The van der Waals surface area contributed by atoms with E-state index in [2.05, 4.69) is 4.74 Å². The van der Waals surface area contributed by atoms with Gasteiger partial charge in [-0.25, -0.2) is 0 Å². The predicted molar refractivity (Wildman–Crippen MR) is 60.7 cm³/mol. The minimum atomic E-state index is -4.43. The molecule has 0 bridgehead atoms. The molecule has 1 aromatic rings. The van der Waals surface area contributed by atoms with Gasteiger partial charge in [0.1, 0.15) is 5.75 Å². The first-order chi connectivity index (χ1) is 8.02. The summed E-state index contributed by atoms with van der Waals surface area (Å²) < 4.78 is 51.5. The zero-order valence-electron chi connectivity index (χ0n) is 10.4. The fraction of sp³-hybridized carbons (Fsp3) is 0.500. The molecule has 0 atom stereocenters. The van der Waals surface area contributed by atoms with E-state index in [1.807, 2.05) is 27.7 Å². The Morgan fingerprint density at radius 3 is 1.71 bits per heavy atom. The lowest BCUT2D eigenvalue weighted by molar-refractivity contribution is -0.253. The summed E-state index contributed by atoms with van der Waals surface area (Å²) in [5, 5.41) is 0. The van der Waals surface area contributed by atoms with E-state index in [0.717, 1.165) is 0 Å². The minimum absolute atomic E-state index is 0.284. The molecule has 0 aliphatic heterocycles. The van der Waals surface area contributed by atoms with Gasteiger partial charge in [0.05, 0.1) is 0 Å². The normalized spacial score (nSPS) is 9.71. The number of ether oxygens (including phenoxy) is 1. The lowest BCUT2D eigenvalue weighted by Gasteiger charge is -2.16. The number of halogens is 4. The van der Waals surface area contributed by atoms with Gasteiger partial charge < -0.3 is 4.74 Å². The van der Waals surface area contributed by atoms with Crippen molar-refractivity contribution in [2.75, 3.05) is 0 Å². The van der Waals surface area contributed by atoms with Crippen molar-refractivity contribution in [3.05, 3.63) is 30.3 Å². The molecular weight excluding hydrogens is 236 g/mol. The van der Waals surface area contributed by atoms with Crippen LogP contribution in [0.5, 0.6) is 5.75 Å². The van der Waals surface area contributed by atoms with Crippen LogP contribution >= 0.6 is 0 Å². The summed E-state index contributed by atoms with van der Waals surface area (Å²) in [4.78, 5) is 0. The minimum Gasteiger partial charge on any atom is -0.428 e. The molecule has 0 aliphatic rings. The molecule has 0 fully saturated rings. The van der Waals surface area contributed by atoms with Crippen LogP contribution in [0.3, 0.4) is 0 Å².